The van der Waals surface area contributed by atoms with E-state index in [0.717, 1.165) is 38.2 Å². The smallest absolute Gasteiger partial charge is 0.361 e. The Kier molecular flexibility index (Phi) is 6.56. The Morgan fingerprint density at radius 1 is 1.18 bits per heavy atom. The van der Waals surface area contributed by atoms with E-state index in [4.69, 9.17) is 14.2 Å². The summed E-state index contributed by atoms with van der Waals surface area (Å²) in [6.07, 6.45) is 2.96. The minimum Gasteiger partial charge on any atom is -0.497 e. The van der Waals surface area contributed by atoms with E-state index in [1.54, 1.807) is 20.3 Å². The van der Waals surface area contributed by atoms with Crippen molar-refractivity contribution in [3.8, 4) is 17.2 Å². The summed E-state index contributed by atoms with van der Waals surface area (Å²) in [7, 11) is 3.17. The highest BCUT2D eigenvalue weighted by atomic mass is 19.3. The van der Waals surface area contributed by atoms with Crippen molar-refractivity contribution in [2.75, 3.05) is 27.4 Å². The van der Waals surface area contributed by atoms with Gasteiger partial charge in [0, 0.05) is 29.7 Å². The lowest BCUT2D eigenvalue weighted by Crippen LogP contribution is -2.48. The number of alkyl halides is 2. The number of fused-ring (bicyclic) bond motifs is 2. The summed E-state index contributed by atoms with van der Waals surface area (Å²) >= 11 is 0. The lowest BCUT2D eigenvalue weighted by Gasteiger charge is -2.40. The number of carbonyl (C=O) groups is 1. The molecule has 1 N–H and O–H groups in total. The molecule has 1 aromatic heterocycles. The number of aromatic amines is 1. The van der Waals surface area contributed by atoms with Gasteiger partial charge in [-0.2, -0.15) is 8.78 Å². The summed E-state index contributed by atoms with van der Waals surface area (Å²) in [5, 5.41) is 0.990. The Balaban J connectivity index is 1.72. The highest BCUT2D eigenvalue weighted by molar-refractivity contribution is 5.84. The maximum atomic E-state index is 14.7. The van der Waals surface area contributed by atoms with Gasteiger partial charge >= 0.3 is 6.05 Å². The number of hydrogen-bond acceptors (Lipinski definition) is 5. The third-order valence-electron chi connectivity index (χ3n) is 6.27. The molecule has 1 aliphatic rings. The molecule has 0 saturated heterocycles. The summed E-state index contributed by atoms with van der Waals surface area (Å²) in [4.78, 5) is 15.5. The van der Waals surface area contributed by atoms with Gasteiger partial charge in [-0.15, -0.1) is 0 Å². The van der Waals surface area contributed by atoms with Crippen LogP contribution >= 0.6 is 0 Å². The summed E-state index contributed by atoms with van der Waals surface area (Å²) in [6, 6.07) is 5.17. The maximum Gasteiger partial charge on any atom is 0.361 e. The van der Waals surface area contributed by atoms with Crippen molar-refractivity contribution in [1.29, 1.82) is 0 Å². The quantitative estimate of drug-likeness (QED) is 0.365. The van der Waals surface area contributed by atoms with E-state index in [1.807, 2.05) is 37.4 Å². The minimum absolute atomic E-state index is 0.0717. The molecule has 0 spiro atoms. The fourth-order valence-corrected chi connectivity index (χ4v) is 4.66. The molecule has 0 amide bonds. The van der Waals surface area contributed by atoms with E-state index < -0.39 is 12.1 Å². The number of aryl methyl sites for hydroxylation is 1. The average molecular weight is 459 g/mol. The molecule has 1 aliphatic heterocycles. The van der Waals surface area contributed by atoms with Crippen LogP contribution in [-0.4, -0.2) is 49.6 Å². The zero-order valence-corrected chi connectivity index (χ0v) is 19.0. The lowest BCUT2D eigenvalue weighted by molar-refractivity contribution is -0.173. The van der Waals surface area contributed by atoms with Gasteiger partial charge in [-0.1, -0.05) is 0 Å². The minimum atomic E-state index is -3.56. The third-order valence-corrected chi connectivity index (χ3v) is 6.27. The summed E-state index contributed by atoms with van der Waals surface area (Å²) in [5.74, 6) is 1.82. The van der Waals surface area contributed by atoms with Crippen LogP contribution in [0.3, 0.4) is 0 Å². The van der Waals surface area contributed by atoms with Crippen molar-refractivity contribution in [2.45, 2.75) is 38.3 Å². The Morgan fingerprint density at radius 2 is 2.00 bits per heavy atom. The zero-order chi connectivity index (χ0) is 23.6. The van der Waals surface area contributed by atoms with Gasteiger partial charge in [-0.25, -0.2) is 4.90 Å². The van der Waals surface area contributed by atoms with E-state index in [-0.39, 0.29) is 12.8 Å². The van der Waals surface area contributed by atoms with Gasteiger partial charge in [-0.05, 0) is 73.2 Å². The highest BCUT2D eigenvalue weighted by Gasteiger charge is 2.44. The number of rotatable bonds is 9. The van der Waals surface area contributed by atoms with Crippen molar-refractivity contribution < 1.29 is 27.8 Å². The second-order valence-corrected chi connectivity index (χ2v) is 8.06. The number of aromatic nitrogens is 1. The summed E-state index contributed by atoms with van der Waals surface area (Å²) in [5.41, 5.74) is 3.63. The van der Waals surface area contributed by atoms with E-state index in [0.29, 0.717) is 37.4 Å². The number of carbonyl (C=O) groups excluding carboxylic acids is 1. The maximum absolute atomic E-state index is 14.7. The van der Waals surface area contributed by atoms with Crippen LogP contribution in [-0.2, 0) is 17.6 Å². The molecule has 3 aromatic rings. The summed E-state index contributed by atoms with van der Waals surface area (Å²) < 4.78 is 45.8. The van der Waals surface area contributed by atoms with E-state index in [9.17, 15) is 13.6 Å². The van der Waals surface area contributed by atoms with Gasteiger partial charge in [0.1, 0.15) is 5.75 Å². The second-order valence-electron chi connectivity index (χ2n) is 8.06. The van der Waals surface area contributed by atoms with Crippen LogP contribution in [0, 0.1) is 0 Å². The number of nitrogens with zero attached hydrogens (tertiary/aromatic N) is 1. The van der Waals surface area contributed by atoms with Gasteiger partial charge in [0.15, 0.2) is 11.5 Å². The predicted molar refractivity (Wildman–Crippen MR) is 121 cm³/mol. The number of halogens is 2. The van der Waals surface area contributed by atoms with Crippen LogP contribution in [0.15, 0.2) is 36.5 Å². The fourth-order valence-electron chi connectivity index (χ4n) is 4.66. The van der Waals surface area contributed by atoms with Crippen molar-refractivity contribution in [2.24, 2.45) is 0 Å². The molecule has 0 saturated carbocycles. The zero-order valence-electron chi connectivity index (χ0n) is 19.0. The number of methoxy groups -OCH3 is 2. The normalized spacial score (nSPS) is 16.5. The first-order valence-electron chi connectivity index (χ1n) is 11.0. The molecule has 4 rings (SSSR count). The number of hydrogen-bond donors (Lipinski definition) is 1. The van der Waals surface area contributed by atoms with Gasteiger partial charge in [-0.3, -0.25) is 4.79 Å². The Morgan fingerprint density at radius 3 is 2.70 bits per heavy atom. The number of ether oxygens (including phenoxy) is 3. The molecule has 6 nitrogen and oxygen atoms in total. The molecule has 176 valence electrons. The largest absolute Gasteiger partial charge is 0.497 e. The molecule has 0 aliphatic carbocycles. The first-order chi connectivity index (χ1) is 15.9. The van der Waals surface area contributed by atoms with Gasteiger partial charge in [0.05, 0.1) is 20.8 Å². The van der Waals surface area contributed by atoms with Gasteiger partial charge in [0.25, 0.3) is 0 Å². The van der Waals surface area contributed by atoms with Crippen LogP contribution in [0.5, 0.6) is 17.2 Å². The second kappa shape index (κ2) is 9.39. The molecule has 2 heterocycles. The van der Waals surface area contributed by atoms with E-state index in [1.165, 1.54) is 0 Å². The van der Waals surface area contributed by atoms with Crippen LogP contribution < -0.4 is 14.2 Å². The van der Waals surface area contributed by atoms with Crippen LogP contribution in [0.4, 0.5) is 8.78 Å². The van der Waals surface area contributed by atoms with Crippen LogP contribution in [0.1, 0.15) is 36.1 Å². The van der Waals surface area contributed by atoms with Crippen molar-refractivity contribution in [1.82, 2.24) is 9.88 Å². The van der Waals surface area contributed by atoms with Crippen molar-refractivity contribution >= 4 is 17.2 Å². The van der Waals surface area contributed by atoms with Crippen LogP contribution in [0.2, 0.25) is 0 Å². The number of aldehydes is 1. The fraction of sp³-hybridized carbons (Fsp3) is 0.400. The molecule has 0 radical (unpaired) electrons. The molecule has 2 aromatic carbocycles. The molecular formula is C25H28F2N2O4. The number of nitrogens with one attached hydrogen (secondary N) is 1. The Hall–Kier alpha value is -3.13. The molecular weight excluding hydrogens is 430 g/mol. The molecule has 0 unspecified atom stereocenters. The lowest BCUT2D eigenvalue weighted by atomic mass is 9.88. The number of H-pyrrole nitrogens is 1. The molecule has 0 fully saturated rings. The topological polar surface area (TPSA) is 63.8 Å². The van der Waals surface area contributed by atoms with E-state index >= 15 is 0 Å². The van der Waals surface area contributed by atoms with Crippen molar-refractivity contribution in [3.05, 3.63) is 53.2 Å². The van der Waals surface area contributed by atoms with Gasteiger partial charge in [0.2, 0.25) is 6.29 Å². The average Bonchev–Trinajstić information content (AvgIpc) is 3.24. The summed E-state index contributed by atoms with van der Waals surface area (Å²) in [6.45, 7) is 2.35. The third kappa shape index (κ3) is 4.39. The SMILES string of the molecule is CCOc1cc2c(cc1OC)CCN(C(F)(F)C=O)[C@H]2CCc1c[nH]c2ccc(OC)cc12. The molecule has 8 heteroatoms. The van der Waals surface area contributed by atoms with Crippen LogP contribution in [0.25, 0.3) is 10.9 Å². The highest BCUT2D eigenvalue weighted by Crippen LogP contribution is 2.43. The number of benzene rings is 2. The standard InChI is InChI=1S/C25H28F2N2O4/c1-4-33-24-13-20-16(11-23(24)32-3)9-10-29(25(26,27)15-30)22(20)8-5-17-14-28-21-7-6-18(31-2)12-19(17)21/h6-7,11-15,22,28H,4-5,8-10H2,1-3H3/t22-/m0/s1. The Labute approximate surface area is 191 Å². The Bertz CT molecular complexity index is 1140. The van der Waals surface area contributed by atoms with Crippen molar-refractivity contribution in [3.63, 3.8) is 0 Å². The van der Waals surface area contributed by atoms with Gasteiger partial charge < -0.3 is 19.2 Å². The molecule has 1 atom stereocenters. The molecule has 0 bridgehead atoms. The molecule has 33 heavy (non-hydrogen) atoms. The van der Waals surface area contributed by atoms with E-state index in [2.05, 4.69) is 4.98 Å². The predicted octanol–water partition coefficient (Wildman–Crippen LogP) is 4.91. The monoisotopic (exact) mass is 458 g/mol. The first kappa shape index (κ1) is 23.0. The first-order valence-corrected chi connectivity index (χ1v) is 11.0.